The fourth-order valence-electron chi connectivity index (χ4n) is 2.44. The molecule has 0 radical (unpaired) electrons. The molecule has 1 aromatic rings. The minimum atomic E-state index is -1.24. The maximum absolute atomic E-state index is 11.7. The molecule has 6 heteroatoms. The van der Waals surface area contributed by atoms with Crippen LogP contribution in [0.4, 0.5) is 0 Å². The Morgan fingerprint density at radius 1 is 1.22 bits per heavy atom. The molecule has 1 aliphatic heterocycles. The van der Waals surface area contributed by atoms with Crippen molar-refractivity contribution in [1.29, 1.82) is 0 Å². The minimum absolute atomic E-state index is 0.237. The van der Waals surface area contributed by atoms with E-state index in [2.05, 4.69) is 0 Å². The van der Waals surface area contributed by atoms with Gasteiger partial charge in [0.1, 0.15) is 12.2 Å². The Kier molecular flexibility index (Phi) is 6.53. The standard InChI is InChI=1S/C17H24O6/c1-3-7-13(18)23-16-14(19)11(2)22-17(15(16)20)21-10-12-8-5-4-6-9-12/h4-6,8-9,11,14-17,19-20H,3,7,10H2,1-2H3/t11-,14-,15+,16+,17+/m1/s1. The number of aliphatic hydroxyl groups is 2. The molecule has 0 aliphatic carbocycles. The van der Waals surface area contributed by atoms with E-state index in [1.165, 1.54) is 0 Å². The summed E-state index contributed by atoms with van der Waals surface area (Å²) < 4.78 is 16.3. The highest BCUT2D eigenvalue weighted by molar-refractivity contribution is 5.69. The van der Waals surface area contributed by atoms with E-state index in [9.17, 15) is 15.0 Å². The Morgan fingerprint density at radius 3 is 2.57 bits per heavy atom. The number of hydrogen-bond acceptors (Lipinski definition) is 6. The Balaban J connectivity index is 1.98. The average Bonchev–Trinajstić information content (AvgIpc) is 2.55. The molecule has 1 saturated heterocycles. The van der Waals surface area contributed by atoms with Gasteiger partial charge in [-0.15, -0.1) is 0 Å². The van der Waals surface area contributed by atoms with Crippen molar-refractivity contribution in [3.8, 4) is 0 Å². The topological polar surface area (TPSA) is 85.2 Å². The Hall–Kier alpha value is -1.47. The molecule has 0 unspecified atom stereocenters. The van der Waals surface area contributed by atoms with Gasteiger partial charge < -0.3 is 24.4 Å². The number of carbonyl (C=O) groups excluding carboxylic acids is 1. The molecule has 6 nitrogen and oxygen atoms in total. The lowest BCUT2D eigenvalue weighted by molar-refractivity contribution is -0.298. The lowest BCUT2D eigenvalue weighted by Crippen LogP contribution is -2.58. The molecule has 0 aromatic heterocycles. The van der Waals surface area contributed by atoms with Gasteiger partial charge in [0.15, 0.2) is 12.4 Å². The highest BCUT2D eigenvalue weighted by atomic mass is 16.7. The van der Waals surface area contributed by atoms with Crippen LogP contribution in [0.5, 0.6) is 0 Å². The van der Waals surface area contributed by atoms with Crippen molar-refractivity contribution in [3.63, 3.8) is 0 Å². The summed E-state index contributed by atoms with van der Waals surface area (Å²) >= 11 is 0. The van der Waals surface area contributed by atoms with Crippen molar-refractivity contribution >= 4 is 5.97 Å². The van der Waals surface area contributed by atoms with Gasteiger partial charge in [-0.2, -0.15) is 0 Å². The first-order chi connectivity index (χ1) is 11.0. The number of benzene rings is 1. The van der Waals surface area contributed by atoms with Crippen LogP contribution in [0.3, 0.4) is 0 Å². The zero-order valence-corrected chi connectivity index (χ0v) is 13.4. The van der Waals surface area contributed by atoms with Gasteiger partial charge in [0, 0.05) is 6.42 Å². The van der Waals surface area contributed by atoms with Crippen LogP contribution in [0.25, 0.3) is 0 Å². The van der Waals surface area contributed by atoms with Crippen LogP contribution in [0.2, 0.25) is 0 Å². The van der Waals surface area contributed by atoms with E-state index in [-0.39, 0.29) is 13.0 Å². The summed E-state index contributed by atoms with van der Waals surface area (Å²) in [6.45, 7) is 3.75. The average molecular weight is 324 g/mol. The highest BCUT2D eigenvalue weighted by Gasteiger charge is 2.45. The summed E-state index contributed by atoms with van der Waals surface area (Å²) in [6, 6.07) is 9.46. The maximum Gasteiger partial charge on any atom is 0.306 e. The number of carbonyl (C=O) groups is 1. The van der Waals surface area contributed by atoms with Crippen LogP contribution >= 0.6 is 0 Å². The molecular formula is C17H24O6. The van der Waals surface area contributed by atoms with Crippen LogP contribution < -0.4 is 0 Å². The van der Waals surface area contributed by atoms with Crippen LogP contribution in [-0.2, 0) is 25.6 Å². The molecule has 23 heavy (non-hydrogen) atoms. The Labute approximate surface area is 136 Å². The molecule has 2 N–H and O–H groups in total. The van der Waals surface area contributed by atoms with Crippen molar-refractivity contribution in [2.45, 2.75) is 64.0 Å². The third-order valence-electron chi connectivity index (χ3n) is 3.76. The van der Waals surface area contributed by atoms with Crippen LogP contribution in [0.1, 0.15) is 32.3 Å². The van der Waals surface area contributed by atoms with Crippen LogP contribution in [0, 0.1) is 0 Å². The normalized spacial score (nSPS) is 30.9. The lowest BCUT2D eigenvalue weighted by Gasteiger charge is -2.40. The summed E-state index contributed by atoms with van der Waals surface area (Å²) in [6.07, 6.45) is -4.10. The molecule has 5 atom stereocenters. The molecule has 1 fully saturated rings. The third-order valence-corrected chi connectivity index (χ3v) is 3.76. The number of ether oxygens (including phenoxy) is 3. The first kappa shape index (κ1) is 17.9. The Morgan fingerprint density at radius 2 is 1.91 bits per heavy atom. The third kappa shape index (κ3) is 4.75. The zero-order valence-electron chi connectivity index (χ0n) is 13.4. The molecule has 0 spiro atoms. The zero-order chi connectivity index (χ0) is 16.8. The molecular weight excluding hydrogens is 300 g/mol. The van der Waals surface area contributed by atoms with Gasteiger partial charge in [-0.3, -0.25) is 4.79 Å². The summed E-state index contributed by atoms with van der Waals surface area (Å²) in [5.74, 6) is -0.452. The number of aliphatic hydroxyl groups excluding tert-OH is 2. The molecule has 1 aromatic carbocycles. The summed E-state index contributed by atoms with van der Waals surface area (Å²) in [5, 5.41) is 20.4. The first-order valence-electron chi connectivity index (χ1n) is 7.89. The van der Waals surface area contributed by atoms with E-state index in [4.69, 9.17) is 14.2 Å². The summed E-state index contributed by atoms with van der Waals surface area (Å²) in [4.78, 5) is 11.7. The van der Waals surface area contributed by atoms with E-state index in [1.807, 2.05) is 37.3 Å². The highest BCUT2D eigenvalue weighted by Crippen LogP contribution is 2.25. The summed E-state index contributed by atoms with van der Waals surface area (Å²) in [5.41, 5.74) is 0.932. The molecule has 0 saturated carbocycles. The summed E-state index contributed by atoms with van der Waals surface area (Å²) in [7, 11) is 0. The van der Waals surface area contributed by atoms with Crippen molar-refractivity contribution in [2.24, 2.45) is 0 Å². The van der Waals surface area contributed by atoms with Gasteiger partial charge in [0.05, 0.1) is 12.7 Å². The maximum atomic E-state index is 11.7. The van der Waals surface area contributed by atoms with Crippen molar-refractivity contribution < 1.29 is 29.2 Å². The number of rotatable bonds is 6. The van der Waals surface area contributed by atoms with E-state index in [0.717, 1.165) is 5.56 Å². The fourth-order valence-corrected chi connectivity index (χ4v) is 2.44. The SMILES string of the molecule is CCCC(=O)O[C@@H]1[C@H](O)[C@@H](OCc2ccccc2)O[C@H](C)[C@H]1O. The predicted molar refractivity (Wildman–Crippen MR) is 82.4 cm³/mol. The van der Waals surface area contributed by atoms with Gasteiger partial charge in [-0.05, 0) is 18.9 Å². The van der Waals surface area contributed by atoms with E-state index < -0.39 is 36.7 Å². The number of hydrogen-bond donors (Lipinski definition) is 2. The molecule has 0 amide bonds. The van der Waals surface area contributed by atoms with Gasteiger partial charge in [0.25, 0.3) is 0 Å². The second kappa shape index (κ2) is 8.40. The minimum Gasteiger partial charge on any atom is -0.456 e. The van der Waals surface area contributed by atoms with Gasteiger partial charge in [-0.25, -0.2) is 0 Å². The molecule has 2 rings (SSSR count). The largest absolute Gasteiger partial charge is 0.456 e. The van der Waals surface area contributed by atoms with E-state index >= 15 is 0 Å². The first-order valence-corrected chi connectivity index (χ1v) is 7.89. The molecule has 1 aliphatic rings. The molecule has 1 heterocycles. The van der Waals surface area contributed by atoms with Crippen molar-refractivity contribution in [2.75, 3.05) is 0 Å². The smallest absolute Gasteiger partial charge is 0.306 e. The Bertz CT molecular complexity index is 491. The quantitative estimate of drug-likeness (QED) is 0.769. The lowest BCUT2D eigenvalue weighted by atomic mass is 9.99. The van der Waals surface area contributed by atoms with Crippen LogP contribution in [-0.4, -0.2) is 46.9 Å². The van der Waals surface area contributed by atoms with Crippen molar-refractivity contribution in [3.05, 3.63) is 35.9 Å². The van der Waals surface area contributed by atoms with Gasteiger partial charge in [0.2, 0.25) is 0 Å². The second-order valence-electron chi connectivity index (χ2n) is 5.69. The van der Waals surface area contributed by atoms with E-state index in [1.54, 1.807) is 6.92 Å². The van der Waals surface area contributed by atoms with Crippen molar-refractivity contribution in [1.82, 2.24) is 0 Å². The van der Waals surface area contributed by atoms with E-state index in [0.29, 0.717) is 6.42 Å². The van der Waals surface area contributed by atoms with Gasteiger partial charge >= 0.3 is 5.97 Å². The fraction of sp³-hybridized carbons (Fsp3) is 0.588. The molecule has 128 valence electrons. The number of esters is 1. The van der Waals surface area contributed by atoms with Gasteiger partial charge in [-0.1, -0.05) is 37.3 Å². The van der Waals surface area contributed by atoms with Crippen LogP contribution in [0.15, 0.2) is 30.3 Å². The molecule has 0 bridgehead atoms. The second-order valence-corrected chi connectivity index (χ2v) is 5.69. The predicted octanol–water partition coefficient (Wildman–Crippen LogP) is 1.38. The monoisotopic (exact) mass is 324 g/mol.